The van der Waals surface area contributed by atoms with Crippen LogP contribution in [-0.2, 0) is 6.42 Å². The lowest BCUT2D eigenvalue weighted by molar-refractivity contribution is 0.573. The van der Waals surface area contributed by atoms with Gasteiger partial charge < -0.3 is 10.6 Å². The minimum atomic E-state index is 0.667. The third-order valence-electron chi connectivity index (χ3n) is 5.09. The maximum absolute atomic E-state index is 5.85. The summed E-state index contributed by atoms with van der Waals surface area (Å²) in [5.41, 5.74) is 11.4. The molecule has 0 atom stereocenters. The first-order valence-electron chi connectivity index (χ1n) is 10.1. The number of nitrogens with zero attached hydrogens (tertiary/aromatic N) is 5. The van der Waals surface area contributed by atoms with Gasteiger partial charge in [0.15, 0.2) is 5.65 Å². The van der Waals surface area contributed by atoms with Gasteiger partial charge in [0.1, 0.15) is 17.2 Å². The Kier molecular flexibility index (Phi) is 5.19. The number of hydrogen-bond acceptors (Lipinski definition) is 6. The van der Waals surface area contributed by atoms with Crippen molar-refractivity contribution < 1.29 is 0 Å². The summed E-state index contributed by atoms with van der Waals surface area (Å²) < 4.78 is 0. The number of amidine groups is 1. The number of fused-ring (bicyclic) bond motifs is 2. The smallest absolute Gasteiger partial charge is 0.180 e. The molecule has 144 valence electrons. The zero-order valence-corrected chi connectivity index (χ0v) is 16.5. The van der Waals surface area contributed by atoms with Crippen LogP contribution >= 0.6 is 0 Å². The predicted octanol–water partition coefficient (Wildman–Crippen LogP) is 4.25. The van der Waals surface area contributed by atoms with Crippen molar-refractivity contribution in [2.75, 3.05) is 18.0 Å². The summed E-state index contributed by atoms with van der Waals surface area (Å²) in [6.45, 7) is 6.09. The average molecular weight is 374 g/mol. The van der Waals surface area contributed by atoms with E-state index in [1.807, 2.05) is 38.2 Å². The van der Waals surface area contributed by atoms with Gasteiger partial charge in [-0.3, -0.25) is 0 Å². The van der Waals surface area contributed by atoms with Gasteiger partial charge >= 0.3 is 0 Å². The molecule has 2 aliphatic rings. The molecule has 0 spiro atoms. The number of benzene rings is 1. The maximum atomic E-state index is 5.85. The van der Waals surface area contributed by atoms with E-state index in [0.29, 0.717) is 11.5 Å². The lowest BCUT2D eigenvalue weighted by Gasteiger charge is -2.27. The second-order valence-electron chi connectivity index (χ2n) is 6.94. The number of piperidine rings is 1. The summed E-state index contributed by atoms with van der Waals surface area (Å²) in [5, 5.41) is 0. The quantitative estimate of drug-likeness (QED) is 0.725. The lowest BCUT2D eigenvalue weighted by Crippen LogP contribution is -2.30. The predicted molar refractivity (Wildman–Crippen MR) is 115 cm³/mol. The summed E-state index contributed by atoms with van der Waals surface area (Å²) in [6.07, 6.45) is 6.32. The Bertz CT molecular complexity index is 1020. The van der Waals surface area contributed by atoms with Gasteiger partial charge in [0.2, 0.25) is 0 Å². The van der Waals surface area contributed by atoms with Crippen molar-refractivity contribution >= 4 is 28.5 Å². The van der Waals surface area contributed by atoms with Gasteiger partial charge in [-0.2, -0.15) is 0 Å². The van der Waals surface area contributed by atoms with Crippen LogP contribution in [0.3, 0.4) is 0 Å². The van der Waals surface area contributed by atoms with Crippen molar-refractivity contribution in [1.29, 1.82) is 0 Å². The van der Waals surface area contributed by atoms with Crippen LogP contribution in [0.1, 0.15) is 38.7 Å². The molecule has 0 unspecified atom stereocenters. The van der Waals surface area contributed by atoms with Crippen molar-refractivity contribution in [2.24, 2.45) is 10.7 Å². The molecule has 28 heavy (non-hydrogen) atoms. The van der Waals surface area contributed by atoms with Crippen LogP contribution in [0.5, 0.6) is 0 Å². The molecule has 0 bridgehead atoms. The van der Waals surface area contributed by atoms with Crippen molar-refractivity contribution in [3.8, 4) is 11.3 Å². The first kappa shape index (κ1) is 18.3. The number of hydrogen-bond donors (Lipinski definition) is 1. The van der Waals surface area contributed by atoms with Gasteiger partial charge in [0, 0.05) is 25.1 Å². The number of rotatable bonds is 2. The molecule has 5 rings (SSSR count). The Hall–Kier alpha value is -3.02. The van der Waals surface area contributed by atoms with Crippen LogP contribution in [0.15, 0.2) is 41.5 Å². The zero-order chi connectivity index (χ0) is 19.5. The van der Waals surface area contributed by atoms with Gasteiger partial charge in [0.25, 0.3) is 0 Å². The van der Waals surface area contributed by atoms with Crippen LogP contribution in [-0.4, -0.2) is 33.9 Å². The van der Waals surface area contributed by atoms with Crippen LogP contribution in [0.2, 0.25) is 0 Å². The lowest BCUT2D eigenvalue weighted by atomic mass is 10.1. The van der Waals surface area contributed by atoms with Gasteiger partial charge in [-0.15, -0.1) is 0 Å². The maximum Gasteiger partial charge on any atom is 0.180 e. The number of pyridine rings is 1. The minimum absolute atomic E-state index is 0.667. The molecular formula is C22H26N6. The van der Waals surface area contributed by atoms with E-state index in [0.717, 1.165) is 47.8 Å². The highest BCUT2D eigenvalue weighted by atomic mass is 15.2. The van der Waals surface area contributed by atoms with E-state index < -0.39 is 0 Å². The number of nitrogens with two attached hydrogens (primary N) is 1. The Labute approximate surface area is 165 Å². The van der Waals surface area contributed by atoms with E-state index in [1.165, 1.54) is 24.8 Å². The molecule has 0 amide bonds. The topological polar surface area (TPSA) is 80.3 Å². The fourth-order valence-corrected chi connectivity index (χ4v) is 3.69. The Balaban J connectivity index is 0.000000932. The Morgan fingerprint density at radius 2 is 1.79 bits per heavy atom. The average Bonchev–Trinajstić information content (AvgIpc) is 3.14. The summed E-state index contributed by atoms with van der Waals surface area (Å²) in [6, 6.07) is 10.2. The first-order valence-corrected chi connectivity index (χ1v) is 10.1. The van der Waals surface area contributed by atoms with E-state index in [-0.39, 0.29) is 0 Å². The highest BCUT2D eigenvalue weighted by Gasteiger charge is 2.15. The standard InChI is InChI=1S/C20H20N6.C2H6/c21-18-11-14-5-4-13(10-17(14)23-18)15-6-7-16-20(24-15)25-19(12-22-16)26-8-2-1-3-9-26;1-2/h4-7,10,12H,1-3,8-9,11H2,(H2,21,23);1-2H3. The normalized spacial score (nSPS) is 15.6. The van der Waals surface area contributed by atoms with Crippen molar-refractivity contribution in [3.63, 3.8) is 0 Å². The summed E-state index contributed by atoms with van der Waals surface area (Å²) >= 11 is 0. The molecular weight excluding hydrogens is 348 g/mol. The molecule has 1 aromatic carbocycles. The van der Waals surface area contributed by atoms with Crippen LogP contribution in [0.25, 0.3) is 22.4 Å². The molecule has 1 saturated heterocycles. The van der Waals surface area contributed by atoms with Crippen molar-refractivity contribution in [3.05, 3.63) is 42.1 Å². The molecule has 6 nitrogen and oxygen atoms in total. The Morgan fingerprint density at radius 1 is 0.964 bits per heavy atom. The summed E-state index contributed by atoms with van der Waals surface area (Å²) in [4.78, 5) is 20.8. The highest BCUT2D eigenvalue weighted by molar-refractivity contribution is 5.91. The highest BCUT2D eigenvalue weighted by Crippen LogP contribution is 2.31. The monoisotopic (exact) mass is 374 g/mol. The fourth-order valence-electron chi connectivity index (χ4n) is 3.69. The van der Waals surface area contributed by atoms with E-state index in [1.54, 1.807) is 0 Å². The van der Waals surface area contributed by atoms with E-state index in [9.17, 15) is 0 Å². The minimum Gasteiger partial charge on any atom is -0.387 e. The van der Waals surface area contributed by atoms with Gasteiger partial charge in [0.05, 0.1) is 17.6 Å². The SMILES string of the molecule is CC.NC1=Nc2cc(-c3ccc4ncc(N5CCCCC5)nc4n3)ccc2C1. The van der Waals surface area contributed by atoms with E-state index in [2.05, 4.69) is 27.0 Å². The molecule has 2 aromatic heterocycles. The summed E-state index contributed by atoms with van der Waals surface area (Å²) in [5.74, 6) is 1.59. The molecule has 0 aliphatic carbocycles. The third kappa shape index (κ3) is 3.54. The fraction of sp³-hybridized carbons (Fsp3) is 0.364. The third-order valence-corrected chi connectivity index (χ3v) is 5.09. The van der Waals surface area contributed by atoms with Crippen molar-refractivity contribution in [1.82, 2.24) is 15.0 Å². The molecule has 3 aromatic rings. The molecule has 1 fully saturated rings. The molecule has 0 radical (unpaired) electrons. The molecule has 2 aliphatic heterocycles. The van der Waals surface area contributed by atoms with Crippen LogP contribution in [0.4, 0.5) is 11.5 Å². The first-order chi connectivity index (χ1) is 13.8. The number of aromatic nitrogens is 3. The zero-order valence-electron chi connectivity index (χ0n) is 16.5. The van der Waals surface area contributed by atoms with Gasteiger partial charge in [-0.25, -0.2) is 19.9 Å². The second kappa shape index (κ2) is 7.92. The second-order valence-corrected chi connectivity index (χ2v) is 6.94. The van der Waals surface area contributed by atoms with Gasteiger partial charge in [-0.1, -0.05) is 26.0 Å². The Morgan fingerprint density at radius 3 is 2.61 bits per heavy atom. The van der Waals surface area contributed by atoms with Crippen LogP contribution < -0.4 is 10.6 Å². The number of aliphatic imine (C=N–C) groups is 1. The van der Waals surface area contributed by atoms with E-state index >= 15 is 0 Å². The van der Waals surface area contributed by atoms with E-state index in [4.69, 9.17) is 15.7 Å². The van der Waals surface area contributed by atoms with Gasteiger partial charge in [-0.05, 0) is 43.0 Å². The summed E-state index contributed by atoms with van der Waals surface area (Å²) in [7, 11) is 0. The van der Waals surface area contributed by atoms with Crippen LogP contribution in [0, 0.1) is 0 Å². The number of anilines is 1. The molecule has 2 N–H and O–H groups in total. The largest absolute Gasteiger partial charge is 0.387 e. The molecule has 0 saturated carbocycles. The van der Waals surface area contributed by atoms with Crippen molar-refractivity contribution in [2.45, 2.75) is 39.5 Å². The molecule has 6 heteroatoms. The molecule has 4 heterocycles.